The third-order valence-electron chi connectivity index (χ3n) is 8.58. The molecule has 0 aromatic rings. The van der Waals surface area contributed by atoms with Crippen molar-refractivity contribution >= 4 is 35.5 Å². The lowest BCUT2D eigenvalue weighted by Crippen LogP contribution is -2.58. The van der Waals surface area contributed by atoms with Gasteiger partial charge in [-0.25, -0.2) is 4.79 Å². The van der Waals surface area contributed by atoms with Crippen LogP contribution in [0.15, 0.2) is 22.5 Å². The maximum absolute atomic E-state index is 13.7. The van der Waals surface area contributed by atoms with Crippen molar-refractivity contribution in [3.05, 3.63) is 12.2 Å². The first-order chi connectivity index (χ1) is 23.5. The second-order valence-corrected chi connectivity index (χ2v) is 12.4. The number of rotatable bonds is 16. The van der Waals surface area contributed by atoms with Crippen LogP contribution in [0.4, 0.5) is 0 Å². The molecule has 2 rings (SSSR count). The van der Waals surface area contributed by atoms with E-state index in [9.17, 15) is 33.9 Å². The largest absolute Gasteiger partial charge is 0.480 e. The molecule has 49 heavy (non-hydrogen) atoms. The Bertz CT molecular complexity index is 1170. The summed E-state index contributed by atoms with van der Waals surface area (Å²) in [6.07, 6.45) is 7.88. The Morgan fingerprint density at radius 1 is 0.898 bits per heavy atom. The predicted octanol–water partition coefficient (Wildman–Crippen LogP) is -1.57. The number of carboxylic acids is 1. The van der Waals surface area contributed by atoms with Crippen LogP contribution in [-0.4, -0.2) is 108 Å². The van der Waals surface area contributed by atoms with Gasteiger partial charge in [-0.2, -0.15) is 5.11 Å². The number of carboxylic acid groups (broad SMARTS) is 1. The number of unbranched alkanes of at least 4 members (excludes halogenated alkanes) is 3. The second kappa shape index (κ2) is 22.5. The van der Waals surface area contributed by atoms with Gasteiger partial charge in [-0.15, -0.1) is 0 Å². The van der Waals surface area contributed by atoms with E-state index in [4.69, 9.17) is 23.0 Å². The number of carbonyl (C=O) groups excluding carboxylic acids is 5. The van der Waals surface area contributed by atoms with E-state index < -0.39 is 71.8 Å². The summed E-state index contributed by atoms with van der Waals surface area (Å²) in [7, 11) is 0. The number of nitrogens with two attached hydrogens (primary N) is 4. The summed E-state index contributed by atoms with van der Waals surface area (Å²) in [5.41, 5.74) is 17.5. The van der Waals surface area contributed by atoms with E-state index in [-0.39, 0.29) is 25.7 Å². The summed E-state index contributed by atoms with van der Waals surface area (Å²) in [5.74, 6) is 0.853. The van der Waals surface area contributed by atoms with Gasteiger partial charge in [0.25, 0.3) is 0 Å². The molecule has 2 aliphatic heterocycles. The molecular formula is C31H55N11O7. The molecule has 18 nitrogen and oxygen atoms in total. The quantitative estimate of drug-likeness (QED) is 0.0292. The van der Waals surface area contributed by atoms with Gasteiger partial charge in [0.1, 0.15) is 30.2 Å². The standard InChI is InChI=1S/C31H55N11O7/c32-16-6-3-12-22-27(44)37-21(28(45)40-24(31(48)49)14-5-8-18-36-41-35)11-2-1-10-20(34)26(43)39-23(13-4-7-17-33)30(47)42-19-9-15-25(42)29(46)38-22/h1-2,20-25H,3-19,32-34H2,(H2,35,36)(H,37,44)(H,38,46)(H,39,43)(H,40,45)(H,48,49)/b2-1-/t20?,21?,22-,23-,24-,25-/m0/s1. The molecule has 5 amide bonds. The molecule has 2 heterocycles. The molecule has 2 unspecified atom stereocenters. The van der Waals surface area contributed by atoms with Crippen molar-refractivity contribution in [1.29, 1.82) is 0 Å². The van der Waals surface area contributed by atoms with Crippen LogP contribution in [-0.2, 0) is 28.8 Å². The van der Waals surface area contributed by atoms with E-state index >= 15 is 0 Å². The van der Waals surface area contributed by atoms with Crippen molar-refractivity contribution in [2.75, 3.05) is 26.2 Å². The van der Waals surface area contributed by atoms with E-state index in [1.54, 1.807) is 12.2 Å². The van der Waals surface area contributed by atoms with Crippen LogP contribution in [0.3, 0.4) is 0 Å². The molecule has 276 valence electrons. The Kier molecular flexibility index (Phi) is 18.8. The van der Waals surface area contributed by atoms with Gasteiger partial charge < -0.3 is 54.3 Å². The van der Waals surface area contributed by atoms with Crippen LogP contribution >= 0.6 is 0 Å². The highest BCUT2D eigenvalue weighted by Gasteiger charge is 2.39. The average Bonchev–Trinajstić information content (AvgIpc) is 3.57. The number of nitrogens with zero attached hydrogens (tertiary/aromatic N) is 3. The summed E-state index contributed by atoms with van der Waals surface area (Å²) < 4.78 is 0. The van der Waals surface area contributed by atoms with Gasteiger partial charge in [-0.05, 0) is 96.6 Å². The number of hydrogen-bond acceptors (Lipinski definition) is 11. The lowest BCUT2D eigenvalue weighted by atomic mass is 10.0. The maximum atomic E-state index is 13.7. The zero-order valence-corrected chi connectivity index (χ0v) is 28.2. The third-order valence-corrected chi connectivity index (χ3v) is 8.58. The van der Waals surface area contributed by atoms with Gasteiger partial charge in [0, 0.05) is 6.54 Å². The molecule has 0 saturated carbocycles. The number of aliphatic carboxylic acids is 1. The van der Waals surface area contributed by atoms with Crippen molar-refractivity contribution < 1.29 is 33.9 Å². The average molecular weight is 694 g/mol. The third kappa shape index (κ3) is 14.1. The smallest absolute Gasteiger partial charge is 0.326 e. The Hall–Kier alpha value is -4.16. The molecule has 18 heteroatoms. The summed E-state index contributed by atoms with van der Waals surface area (Å²) in [6.45, 7) is 1.39. The molecule has 0 bridgehead atoms. The van der Waals surface area contributed by atoms with Crippen LogP contribution in [0, 0.1) is 0 Å². The lowest BCUT2D eigenvalue weighted by Gasteiger charge is -2.30. The van der Waals surface area contributed by atoms with Crippen molar-refractivity contribution in [2.24, 2.45) is 33.4 Å². The molecule has 1 fully saturated rings. The minimum atomic E-state index is -1.25. The van der Waals surface area contributed by atoms with Gasteiger partial charge in [-0.1, -0.05) is 17.4 Å². The van der Waals surface area contributed by atoms with E-state index in [1.165, 1.54) is 4.90 Å². The number of carbonyl (C=O) groups is 6. The van der Waals surface area contributed by atoms with E-state index in [2.05, 4.69) is 31.6 Å². The first-order valence-electron chi connectivity index (χ1n) is 17.2. The first kappa shape index (κ1) is 41.0. The molecule has 2 aliphatic rings. The molecule has 0 aromatic carbocycles. The SMILES string of the molecule is NCCCC[C@@H]1NC(=O)[C@@H]2CCCN2C(=O)[C@H](CCCCN)NC(=O)C(N)C/C=C\CC(C(=O)N[C@@H](CCCCN=NN)C(=O)O)NC1=O. The minimum absolute atomic E-state index is 0.0593. The lowest BCUT2D eigenvalue weighted by molar-refractivity contribution is -0.143. The number of amides is 5. The fourth-order valence-corrected chi connectivity index (χ4v) is 5.77. The molecule has 6 atom stereocenters. The molecule has 0 aromatic heterocycles. The van der Waals surface area contributed by atoms with Crippen LogP contribution < -0.4 is 44.3 Å². The van der Waals surface area contributed by atoms with Gasteiger partial charge in [-0.3, -0.25) is 24.0 Å². The van der Waals surface area contributed by atoms with Crippen LogP contribution in [0.25, 0.3) is 0 Å². The zero-order chi connectivity index (χ0) is 36.2. The highest BCUT2D eigenvalue weighted by molar-refractivity contribution is 5.96. The van der Waals surface area contributed by atoms with Crippen molar-refractivity contribution in [3.8, 4) is 0 Å². The zero-order valence-electron chi connectivity index (χ0n) is 28.2. The van der Waals surface area contributed by atoms with Gasteiger partial charge in [0.2, 0.25) is 29.5 Å². The first-order valence-corrected chi connectivity index (χ1v) is 17.2. The predicted molar refractivity (Wildman–Crippen MR) is 180 cm³/mol. The van der Waals surface area contributed by atoms with Crippen LogP contribution in [0.1, 0.15) is 83.5 Å². The Balaban J connectivity index is 2.39. The Labute approximate surface area is 286 Å². The van der Waals surface area contributed by atoms with Crippen molar-refractivity contribution in [1.82, 2.24) is 26.2 Å². The summed E-state index contributed by atoms with van der Waals surface area (Å²) >= 11 is 0. The van der Waals surface area contributed by atoms with E-state index in [1.807, 2.05) is 0 Å². The monoisotopic (exact) mass is 693 g/mol. The van der Waals surface area contributed by atoms with Crippen LogP contribution in [0.5, 0.6) is 0 Å². The molecule has 0 radical (unpaired) electrons. The molecule has 0 aliphatic carbocycles. The maximum Gasteiger partial charge on any atom is 0.326 e. The number of fused-ring (bicyclic) bond motifs is 1. The Morgan fingerprint density at radius 2 is 1.55 bits per heavy atom. The second-order valence-electron chi connectivity index (χ2n) is 12.4. The molecular weight excluding hydrogens is 638 g/mol. The van der Waals surface area contributed by atoms with Gasteiger partial charge in [0.15, 0.2) is 0 Å². The minimum Gasteiger partial charge on any atom is -0.480 e. The highest BCUT2D eigenvalue weighted by atomic mass is 16.4. The molecule has 1 saturated heterocycles. The normalized spacial score (nSPS) is 25.5. The summed E-state index contributed by atoms with van der Waals surface area (Å²) in [4.78, 5) is 81.0. The summed E-state index contributed by atoms with van der Waals surface area (Å²) in [5, 5.41) is 27.3. The fourth-order valence-electron chi connectivity index (χ4n) is 5.77. The van der Waals surface area contributed by atoms with E-state index in [0.29, 0.717) is 84.0 Å². The molecule has 13 N–H and O–H groups in total. The number of nitrogens with one attached hydrogen (secondary N) is 4. The highest BCUT2D eigenvalue weighted by Crippen LogP contribution is 2.21. The van der Waals surface area contributed by atoms with E-state index in [0.717, 1.165) is 0 Å². The Morgan fingerprint density at radius 3 is 2.20 bits per heavy atom. The topological polar surface area (TPSA) is 303 Å². The molecule has 0 spiro atoms. The van der Waals surface area contributed by atoms with Gasteiger partial charge >= 0.3 is 5.97 Å². The van der Waals surface area contributed by atoms with Crippen LogP contribution in [0.2, 0.25) is 0 Å². The van der Waals surface area contributed by atoms with Crippen molar-refractivity contribution in [2.45, 2.75) is 120 Å². The van der Waals surface area contributed by atoms with Crippen molar-refractivity contribution in [3.63, 3.8) is 0 Å². The number of hydrogen-bond donors (Lipinski definition) is 9. The van der Waals surface area contributed by atoms with Gasteiger partial charge in [0.05, 0.1) is 12.6 Å². The summed E-state index contributed by atoms with van der Waals surface area (Å²) in [6, 6.07) is -6.34. The fraction of sp³-hybridized carbons (Fsp3) is 0.742.